The van der Waals surface area contributed by atoms with Gasteiger partial charge in [-0.3, -0.25) is 0 Å². The quantitative estimate of drug-likeness (QED) is 0.775. The molecule has 1 fully saturated rings. The average molecular weight is 356 g/mol. The van der Waals surface area contributed by atoms with Gasteiger partial charge >= 0.3 is 0 Å². The van der Waals surface area contributed by atoms with E-state index in [1.165, 1.54) is 24.9 Å². The third kappa shape index (κ3) is 4.20. The Balaban J connectivity index is 1.66. The fraction of sp³-hybridized carbons (Fsp3) is 0.333. The summed E-state index contributed by atoms with van der Waals surface area (Å²) < 4.78 is 23.6. The van der Waals surface area contributed by atoms with Crippen LogP contribution in [-0.4, -0.2) is 32.4 Å². The van der Waals surface area contributed by atoms with Crippen LogP contribution < -0.4 is 0 Å². The largest absolute Gasteiger partial charge is 0.300 e. The third-order valence-electron chi connectivity index (χ3n) is 5.07. The van der Waals surface area contributed by atoms with Crippen molar-refractivity contribution < 1.29 is 8.42 Å². The first-order valence-corrected chi connectivity index (χ1v) is 10.4. The minimum absolute atomic E-state index is 0.280. The second kappa shape index (κ2) is 7.54. The lowest BCUT2D eigenvalue weighted by Crippen LogP contribution is -2.28. The first-order valence-electron chi connectivity index (χ1n) is 8.80. The summed E-state index contributed by atoms with van der Waals surface area (Å²) in [6.45, 7) is 8.01. The zero-order valence-corrected chi connectivity index (χ0v) is 15.5. The summed E-state index contributed by atoms with van der Waals surface area (Å²) >= 11 is 0. The zero-order valence-electron chi connectivity index (χ0n) is 14.7. The number of hydrogen-bond acceptors (Lipinski definition) is 3. The number of hydrogen-bond donors (Lipinski definition) is 0. The maximum Gasteiger partial charge on any atom is 0.199 e. The van der Waals surface area contributed by atoms with Crippen molar-refractivity contribution in [1.82, 2.24) is 4.90 Å². The van der Waals surface area contributed by atoms with Gasteiger partial charge in [0.2, 0.25) is 0 Å². The molecule has 4 heteroatoms. The molecule has 0 aromatic heterocycles. The van der Waals surface area contributed by atoms with Gasteiger partial charge in [-0.05, 0) is 61.6 Å². The van der Waals surface area contributed by atoms with Crippen LogP contribution >= 0.6 is 0 Å². The molecule has 132 valence electrons. The van der Waals surface area contributed by atoms with Crippen molar-refractivity contribution in [3.63, 3.8) is 0 Å². The second-order valence-corrected chi connectivity index (χ2v) is 8.60. The first-order chi connectivity index (χ1) is 12.0. The molecule has 25 heavy (non-hydrogen) atoms. The Bertz CT molecular complexity index is 823. The summed E-state index contributed by atoms with van der Waals surface area (Å²) in [5.41, 5.74) is 3.46. The molecule has 1 saturated heterocycles. The van der Waals surface area contributed by atoms with Crippen molar-refractivity contribution in [2.24, 2.45) is 0 Å². The molecule has 0 saturated carbocycles. The summed E-state index contributed by atoms with van der Waals surface area (Å²) in [5, 5.41) is 0.984. The minimum Gasteiger partial charge on any atom is -0.300 e. The number of nitrogens with zero attached hydrogens (tertiary/aromatic N) is 1. The monoisotopic (exact) mass is 355 g/mol. The standard InChI is InChI=1S/C21H25NO2S/c1-3-25(23,24)21-12-10-20(11-13-21)19-8-6-18(7-9-19)14-16-22-15-4-5-17(22)2/h3,6-13,17H,1,4-5,14-16H2,2H3. The number of sulfone groups is 1. The van der Waals surface area contributed by atoms with Crippen LogP contribution in [0.4, 0.5) is 0 Å². The van der Waals surface area contributed by atoms with Gasteiger partial charge < -0.3 is 4.90 Å². The predicted octanol–water partition coefficient (Wildman–Crippen LogP) is 4.30. The topological polar surface area (TPSA) is 37.4 Å². The van der Waals surface area contributed by atoms with Gasteiger partial charge in [-0.25, -0.2) is 8.42 Å². The highest BCUT2D eigenvalue weighted by molar-refractivity contribution is 7.94. The van der Waals surface area contributed by atoms with E-state index >= 15 is 0 Å². The number of likely N-dealkylation sites (tertiary alicyclic amines) is 1. The van der Waals surface area contributed by atoms with E-state index in [2.05, 4.69) is 42.7 Å². The molecule has 2 aromatic carbocycles. The maximum absolute atomic E-state index is 11.8. The molecular weight excluding hydrogens is 330 g/mol. The zero-order chi connectivity index (χ0) is 17.9. The summed E-state index contributed by atoms with van der Waals surface area (Å²) in [6, 6.07) is 16.2. The van der Waals surface area contributed by atoms with Crippen molar-refractivity contribution in [2.75, 3.05) is 13.1 Å². The lowest BCUT2D eigenvalue weighted by atomic mass is 10.0. The molecule has 1 aliphatic heterocycles. The molecule has 1 heterocycles. The van der Waals surface area contributed by atoms with Gasteiger partial charge in [0, 0.05) is 18.0 Å². The van der Waals surface area contributed by atoms with Crippen LogP contribution in [-0.2, 0) is 16.3 Å². The van der Waals surface area contributed by atoms with Crippen molar-refractivity contribution in [3.8, 4) is 11.1 Å². The summed E-state index contributed by atoms with van der Waals surface area (Å²) in [7, 11) is -3.36. The Morgan fingerprint density at radius 1 is 1.08 bits per heavy atom. The van der Waals surface area contributed by atoms with Gasteiger partial charge in [-0.2, -0.15) is 0 Å². The highest BCUT2D eigenvalue weighted by Crippen LogP contribution is 2.23. The molecule has 1 aliphatic rings. The average Bonchev–Trinajstić information content (AvgIpc) is 3.05. The van der Waals surface area contributed by atoms with E-state index in [1.54, 1.807) is 12.1 Å². The van der Waals surface area contributed by atoms with E-state index in [0.717, 1.165) is 29.5 Å². The van der Waals surface area contributed by atoms with Gasteiger partial charge in [-0.15, -0.1) is 0 Å². The Morgan fingerprint density at radius 2 is 1.68 bits per heavy atom. The predicted molar refractivity (Wildman–Crippen MR) is 103 cm³/mol. The van der Waals surface area contributed by atoms with E-state index in [0.29, 0.717) is 6.04 Å². The van der Waals surface area contributed by atoms with Gasteiger partial charge in [0.15, 0.2) is 9.84 Å². The van der Waals surface area contributed by atoms with E-state index in [-0.39, 0.29) is 4.90 Å². The van der Waals surface area contributed by atoms with Crippen LogP contribution in [0.25, 0.3) is 11.1 Å². The van der Waals surface area contributed by atoms with E-state index in [9.17, 15) is 8.42 Å². The Hall–Kier alpha value is -1.91. The Kier molecular flexibility index (Phi) is 5.40. The lowest BCUT2D eigenvalue weighted by molar-refractivity contribution is 0.272. The van der Waals surface area contributed by atoms with Gasteiger partial charge in [-0.1, -0.05) is 43.0 Å². The fourth-order valence-electron chi connectivity index (χ4n) is 3.39. The van der Waals surface area contributed by atoms with Crippen molar-refractivity contribution in [1.29, 1.82) is 0 Å². The van der Waals surface area contributed by atoms with Crippen molar-refractivity contribution >= 4 is 9.84 Å². The number of benzene rings is 2. The van der Waals surface area contributed by atoms with Crippen molar-refractivity contribution in [3.05, 3.63) is 66.1 Å². The van der Waals surface area contributed by atoms with Crippen LogP contribution in [0.1, 0.15) is 25.3 Å². The third-order valence-corrected chi connectivity index (χ3v) is 6.44. The molecule has 3 nitrogen and oxygen atoms in total. The molecule has 2 aromatic rings. The summed E-state index contributed by atoms with van der Waals surface area (Å²) in [6.07, 6.45) is 3.70. The molecule has 0 aliphatic carbocycles. The molecule has 0 radical (unpaired) electrons. The SMILES string of the molecule is C=CS(=O)(=O)c1ccc(-c2ccc(CCN3CCCC3C)cc2)cc1. The lowest BCUT2D eigenvalue weighted by Gasteiger charge is -2.20. The maximum atomic E-state index is 11.8. The smallest absolute Gasteiger partial charge is 0.199 e. The van der Waals surface area contributed by atoms with Crippen LogP contribution in [0.15, 0.2) is 65.4 Å². The van der Waals surface area contributed by atoms with Crippen LogP contribution in [0, 0.1) is 0 Å². The molecular formula is C21H25NO2S. The Morgan fingerprint density at radius 3 is 2.20 bits per heavy atom. The molecule has 0 amide bonds. The van der Waals surface area contributed by atoms with Crippen LogP contribution in [0.3, 0.4) is 0 Å². The second-order valence-electron chi connectivity index (χ2n) is 6.71. The van der Waals surface area contributed by atoms with E-state index in [1.807, 2.05) is 12.1 Å². The molecule has 3 rings (SSSR count). The highest BCUT2D eigenvalue weighted by Gasteiger charge is 2.19. The molecule has 1 atom stereocenters. The van der Waals surface area contributed by atoms with Crippen LogP contribution in [0.5, 0.6) is 0 Å². The first kappa shape index (κ1) is 17.9. The normalized spacial score (nSPS) is 18.4. The van der Waals surface area contributed by atoms with E-state index in [4.69, 9.17) is 0 Å². The van der Waals surface area contributed by atoms with Crippen LogP contribution in [0.2, 0.25) is 0 Å². The van der Waals surface area contributed by atoms with Gasteiger partial charge in [0.25, 0.3) is 0 Å². The number of rotatable bonds is 6. The Labute approximate surface area is 150 Å². The van der Waals surface area contributed by atoms with E-state index < -0.39 is 9.84 Å². The summed E-state index contributed by atoms with van der Waals surface area (Å²) in [5.74, 6) is 0. The van der Waals surface area contributed by atoms with Gasteiger partial charge in [0.1, 0.15) is 0 Å². The molecule has 1 unspecified atom stereocenters. The minimum atomic E-state index is -3.36. The van der Waals surface area contributed by atoms with Crippen molar-refractivity contribution in [2.45, 2.75) is 37.1 Å². The molecule has 0 spiro atoms. The molecule has 0 bridgehead atoms. The fourth-order valence-corrected chi connectivity index (χ4v) is 4.10. The van der Waals surface area contributed by atoms with Gasteiger partial charge in [0.05, 0.1) is 4.90 Å². The summed E-state index contributed by atoms with van der Waals surface area (Å²) in [4.78, 5) is 2.84. The highest BCUT2D eigenvalue weighted by atomic mass is 32.2. The molecule has 0 N–H and O–H groups in total.